The molecule has 1 saturated carbocycles. The molecule has 0 radical (unpaired) electrons. The summed E-state index contributed by atoms with van der Waals surface area (Å²) in [5.74, 6) is -0.0215. The summed E-state index contributed by atoms with van der Waals surface area (Å²) in [6, 6.07) is 0.372. The summed E-state index contributed by atoms with van der Waals surface area (Å²) in [6.45, 7) is 3.56. The molecule has 1 heterocycles. The lowest BCUT2D eigenvalue weighted by atomic mass is 9.94. The van der Waals surface area contributed by atoms with E-state index in [4.69, 9.17) is 15.2 Å². The van der Waals surface area contributed by atoms with Gasteiger partial charge in [0.15, 0.2) is 0 Å². The monoisotopic (exact) mass is 242 g/mol. The van der Waals surface area contributed by atoms with Crippen molar-refractivity contribution in [2.45, 2.75) is 50.4 Å². The molecule has 5 heteroatoms. The molecule has 0 spiro atoms. The molecule has 5 nitrogen and oxygen atoms in total. The van der Waals surface area contributed by atoms with Gasteiger partial charge in [0.05, 0.1) is 5.60 Å². The summed E-state index contributed by atoms with van der Waals surface area (Å²) in [7, 11) is 0. The number of carbonyl (C=O) groups excluding carboxylic acids is 1. The third kappa shape index (κ3) is 3.40. The van der Waals surface area contributed by atoms with Crippen LogP contribution in [0.15, 0.2) is 0 Å². The maximum Gasteiger partial charge on any atom is 0.249 e. The van der Waals surface area contributed by atoms with Gasteiger partial charge in [0.2, 0.25) is 5.91 Å². The summed E-state index contributed by atoms with van der Waals surface area (Å²) in [5, 5.41) is 2.95. The molecule has 1 atom stereocenters. The lowest BCUT2D eigenvalue weighted by molar-refractivity contribution is -0.158. The standard InChI is InChI=1S/C12H22N2O3/c1-9(11(15)14-10-2-3-10)17-12(8-13)4-6-16-7-5-12/h9-10H,2-8,13H2,1H3,(H,14,15). The third-order valence-corrected chi connectivity index (χ3v) is 3.50. The van der Waals surface area contributed by atoms with Crippen LogP contribution >= 0.6 is 0 Å². The lowest BCUT2D eigenvalue weighted by Gasteiger charge is -2.37. The first-order valence-electron chi connectivity index (χ1n) is 6.41. The van der Waals surface area contributed by atoms with E-state index in [1.54, 1.807) is 6.92 Å². The first-order valence-corrected chi connectivity index (χ1v) is 6.41. The normalized spacial score (nSPS) is 25.3. The van der Waals surface area contributed by atoms with Crippen molar-refractivity contribution in [3.05, 3.63) is 0 Å². The van der Waals surface area contributed by atoms with Crippen molar-refractivity contribution in [2.75, 3.05) is 19.8 Å². The van der Waals surface area contributed by atoms with Gasteiger partial charge in [0.1, 0.15) is 6.10 Å². The molecular weight excluding hydrogens is 220 g/mol. The van der Waals surface area contributed by atoms with Gasteiger partial charge < -0.3 is 20.5 Å². The quantitative estimate of drug-likeness (QED) is 0.721. The summed E-state index contributed by atoms with van der Waals surface area (Å²) in [6.07, 6.45) is 3.29. The van der Waals surface area contributed by atoms with Crippen LogP contribution in [-0.4, -0.2) is 43.4 Å². The molecule has 17 heavy (non-hydrogen) atoms. The molecule has 1 amide bonds. The van der Waals surface area contributed by atoms with E-state index in [0.29, 0.717) is 25.8 Å². The molecule has 1 aliphatic heterocycles. The second-order valence-electron chi connectivity index (χ2n) is 5.04. The topological polar surface area (TPSA) is 73.6 Å². The number of ether oxygens (including phenoxy) is 2. The van der Waals surface area contributed by atoms with Crippen LogP contribution in [0.3, 0.4) is 0 Å². The highest BCUT2D eigenvalue weighted by Gasteiger charge is 2.36. The SMILES string of the molecule is CC(OC1(CN)CCOCC1)C(=O)NC1CC1. The van der Waals surface area contributed by atoms with Gasteiger partial charge in [-0.2, -0.15) is 0 Å². The van der Waals surface area contributed by atoms with E-state index in [1.165, 1.54) is 0 Å². The number of nitrogens with two attached hydrogens (primary N) is 1. The van der Waals surface area contributed by atoms with Gasteiger partial charge in [-0.05, 0) is 19.8 Å². The van der Waals surface area contributed by atoms with Gasteiger partial charge >= 0.3 is 0 Å². The van der Waals surface area contributed by atoms with Crippen molar-refractivity contribution in [3.8, 4) is 0 Å². The van der Waals surface area contributed by atoms with Gasteiger partial charge in [0.25, 0.3) is 0 Å². The van der Waals surface area contributed by atoms with Gasteiger partial charge in [-0.3, -0.25) is 4.79 Å². The fraction of sp³-hybridized carbons (Fsp3) is 0.917. The third-order valence-electron chi connectivity index (χ3n) is 3.50. The predicted octanol–water partition coefficient (Wildman–Crippen LogP) is 0.178. The Morgan fingerprint density at radius 1 is 1.53 bits per heavy atom. The van der Waals surface area contributed by atoms with E-state index in [9.17, 15) is 4.79 Å². The number of carbonyl (C=O) groups is 1. The fourth-order valence-corrected chi connectivity index (χ4v) is 2.09. The first-order chi connectivity index (χ1) is 8.15. The number of hydrogen-bond donors (Lipinski definition) is 2. The Morgan fingerprint density at radius 2 is 2.18 bits per heavy atom. The highest BCUT2D eigenvalue weighted by Crippen LogP contribution is 2.26. The van der Waals surface area contributed by atoms with E-state index in [-0.39, 0.29) is 11.5 Å². The maximum absolute atomic E-state index is 11.8. The Bertz CT molecular complexity index is 273. The smallest absolute Gasteiger partial charge is 0.249 e. The van der Waals surface area contributed by atoms with Crippen molar-refractivity contribution in [1.82, 2.24) is 5.32 Å². The summed E-state index contributed by atoms with van der Waals surface area (Å²) in [4.78, 5) is 11.8. The van der Waals surface area contributed by atoms with E-state index in [1.807, 2.05) is 0 Å². The molecule has 98 valence electrons. The lowest BCUT2D eigenvalue weighted by Crippen LogP contribution is -2.50. The van der Waals surface area contributed by atoms with E-state index in [0.717, 1.165) is 25.7 Å². The van der Waals surface area contributed by atoms with Crippen LogP contribution in [0.25, 0.3) is 0 Å². The van der Waals surface area contributed by atoms with Crippen molar-refractivity contribution in [1.29, 1.82) is 0 Å². The van der Waals surface area contributed by atoms with Gasteiger partial charge in [0, 0.05) is 38.6 Å². The van der Waals surface area contributed by atoms with E-state index in [2.05, 4.69) is 5.32 Å². The predicted molar refractivity (Wildman–Crippen MR) is 63.6 cm³/mol. The second kappa shape index (κ2) is 5.33. The van der Waals surface area contributed by atoms with Crippen molar-refractivity contribution in [3.63, 3.8) is 0 Å². The molecule has 3 N–H and O–H groups in total. The molecular formula is C12H22N2O3. The Hall–Kier alpha value is -0.650. The Morgan fingerprint density at radius 3 is 2.71 bits per heavy atom. The van der Waals surface area contributed by atoms with Gasteiger partial charge in [-0.25, -0.2) is 0 Å². The van der Waals surface area contributed by atoms with Crippen LogP contribution in [-0.2, 0) is 14.3 Å². The fourth-order valence-electron chi connectivity index (χ4n) is 2.09. The molecule has 0 aromatic rings. The van der Waals surface area contributed by atoms with Crippen molar-refractivity contribution >= 4 is 5.91 Å². The minimum Gasteiger partial charge on any atom is -0.381 e. The average Bonchev–Trinajstić information content (AvgIpc) is 3.14. The van der Waals surface area contributed by atoms with Crippen LogP contribution < -0.4 is 11.1 Å². The van der Waals surface area contributed by atoms with E-state index >= 15 is 0 Å². The zero-order chi connectivity index (χ0) is 12.3. The zero-order valence-corrected chi connectivity index (χ0v) is 10.4. The van der Waals surface area contributed by atoms with Gasteiger partial charge in [-0.1, -0.05) is 0 Å². The highest BCUT2D eigenvalue weighted by atomic mass is 16.5. The molecule has 1 aliphatic carbocycles. The molecule has 1 saturated heterocycles. The average molecular weight is 242 g/mol. The van der Waals surface area contributed by atoms with Crippen molar-refractivity contribution < 1.29 is 14.3 Å². The molecule has 2 rings (SSSR count). The zero-order valence-electron chi connectivity index (χ0n) is 10.4. The second-order valence-corrected chi connectivity index (χ2v) is 5.04. The molecule has 0 bridgehead atoms. The van der Waals surface area contributed by atoms with Crippen LogP contribution in [0.4, 0.5) is 0 Å². The van der Waals surface area contributed by atoms with Crippen LogP contribution in [0, 0.1) is 0 Å². The van der Waals surface area contributed by atoms with Gasteiger partial charge in [-0.15, -0.1) is 0 Å². The summed E-state index contributed by atoms with van der Waals surface area (Å²) >= 11 is 0. The van der Waals surface area contributed by atoms with Crippen LogP contribution in [0.2, 0.25) is 0 Å². The Kier molecular flexibility index (Phi) is 4.01. The largest absolute Gasteiger partial charge is 0.381 e. The van der Waals surface area contributed by atoms with Crippen molar-refractivity contribution in [2.24, 2.45) is 5.73 Å². The molecule has 1 unspecified atom stereocenters. The van der Waals surface area contributed by atoms with E-state index < -0.39 is 6.10 Å². The highest BCUT2D eigenvalue weighted by molar-refractivity contribution is 5.80. The summed E-state index contributed by atoms with van der Waals surface area (Å²) < 4.78 is 11.2. The molecule has 2 aliphatic rings. The maximum atomic E-state index is 11.8. The minimum absolute atomic E-state index is 0.0215. The Labute approximate surface area is 102 Å². The number of amides is 1. The molecule has 0 aromatic heterocycles. The molecule has 2 fully saturated rings. The van der Waals surface area contributed by atoms with Crippen LogP contribution in [0.5, 0.6) is 0 Å². The number of hydrogen-bond acceptors (Lipinski definition) is 4. The number of rotatable bonds is 5. The van der Waals surface area contributed by atoms with Crippen LogP contribution in [0.1, 0.15) is 32.6 Å². The first kappa shape index (κ1) is 12.8. The minimum atomic E-state index is -0.433. The summed E-state index contributed by atoms with van der Waals surface area (Å²) in [5.41, 5.74) is 5.41. The molecule has 0 aromatic carbocycles. The Balaban J connectivity index is 1.85. The number of nitrogens with one attached hydrogen (secondary N) is 1.